The fourth-order valence-electron chi connectivity index (χ4n) is 6.47. The highest BCUT2D eigenvalue weighted by Gasteiger charge is 2.58. The van der Waals surface area contributed by atoms with Crippen molar-refractivity contribution in [2.24, 2.45) is 34.5 Å². The van der Waals surface area contributed by atoms with Crippen molar-refractivity contribution < 1.29 is 4.79 Å². The molecule has 22 heavy (non-hydrogen) atoms. The van der Waals surface area contributed by atoms with Gasteiger partial charge in [-0.2, -0.15) is 0 Å². The zero-order chi connectivity index (χ0) is 15.5. The minimum Gasteiger partial charge on any atom is -0.290 e. The van der Waals surface area contributed by atoms with Crippen molar-refractivity contribution in [3.05, 3.63) is 23.8 Å². The second kappa shape index (κ2) is 4.60. The topological polar surface area (TPSA) is 17.1 Å². The molecule has 0 N–H and O–H groups in total. The Balaban J connectivity index is 1.70. The van der Waals surface area contributed by atoms with Crippen molar-refractivity contribution in [1.29, 1.82) is 0 Å². The zero-order valence-electron chi connectivity index (χ0n) is 13.8. The average molecular weight is 294 g/mol. The van der Waals surface area contributed by atoms with E-state index in [1.807, 2.05) is 6.08 Å². The molecule has 1 heteroatoms. The lowest BCUT2D eigenvalue weighted by Crippen LogP contribution is -2.49. The van der Waals surface area contributed by atoms with Crippen LogP contribution in [0.5, 0.6) is 0 Å². The van der Waals surface area contributed by atoms with Crippen molar-refractivity contribution in [1.82, 2.24) is 0 Å². The van der Waals surface area contributed by atoms with Crippen LogP contribution in [0.3, 0.4) is 0 Å². The van der Waals surface area contributed by atoms with E-state index in [1.165, 1.54) is 37.7 Å². The molecule has 0 spiro atoms. The molecule has 4 aliphatic carbocycles. The van der Waals surface area contributed by atoms with Crippen LogP contribution in [0.4, 0.5) is 0 Å². The Morgan fingerprint density at radius 2 is 2.00 bits per heavy atom. The van der Waals surface area contributed by atoms with E-state index >= 15 is 0 Å². The largest absolute Gasteiger partial charge is 0.290 e. The summed E-state index contributed by atoms with van der Waals surface area (Å²) in [5.74, 6) is 6.04. The van der Waals surface area contributed by atoms with Gasteiger partial charge in [0.2, 0.25) is 0 Å². The van der Waals surface area contributed by atoms with Crippen LogP contribution in [-0.2, 0) is 4.79 Å². The quantitative estimate of drug-likeness (QED) is 0.599. The molecule has 3 fully saturated rings. The second-order valence-electron chi connectivity index (χ2n) is 8.44. The number of ketones is 1. The predicted molar refractivity (Wildman–Crippen MR) is 88.9 cm³/mol. The van der Waals surface area contributed by atoms with Gasteiger partial charge in [0.15, 0.2) is 5.78 Å². The number of terminal acetylenes is 1. The van der Waals surface area contributed by atoms with E-state index in [1.54, 1.807) is 6.08 Å². The molecule has 4 aliphatic rings. The highest BCUT2D eigenvalue weighted by Crippen LogP contribution is 2.65. The summed E-state index contributed by atoms with van der Waals surface area (Å²) >= 11 is 0. The van der Waals surface area contributed by atoms with Gasteiger partial charge in [0, 0.05) is 11.3 Å². The number of carbonyl (C=O) groups is 1. The van der Waals surface area contributed by atoms with Crippen LogP contribution >= 0.6 is 0 Å². The molecule has 1 nitrogen and oxygen atoms in total. The first-order chi connectivity index (χ1) is 10.5. The van der Waals surface area contributed by atoms with Crippen LogP contribution in [-0.4, -0.2) is 5.78 Å². The molecular weight excluding hydrogens is 268 g/mol. The second-order valence-corrected chi connectivity index (χ2v) is 8.44. The molecule has 116 valence electrons. The monoisotopic (exact) mass is 294 g/mol. The van der Waals surface area contributed by atoms with Gasteiger partial charge in [0.05, 0.1) is 0 Å². The fraction of sp³-hybridized carbons (Fsp3) is 0.667. The van der Waals surface area contributed by atoms with Crippen LogP contribution in [0.15, 0.2) is 23.8 Å². The number of allylic oxidation sites excluding steroid dienone is 4. The van der Waals surface area contributed by atoms with Gasteiger partial charge in [-0.15, -0.1) is 12.3 Å². The molecule has 0 bridgehead atoms. The number of carbonyl (C=O) groups excluding carboxylic acids is 1. The minimum absolute atomic E-state index is 0.117. The van der Waals surface area contributed by atoms with Crippen LogP contribution < -0.4 is 0 Å². The summed E-state index contributed by atoms with van der Waals surface area (Å²) < 4.78 is 0. The van der Waals surface area contributed by atoms with E-state index in [-0.39, 0.29) is 11.2 Å². The molecule has 3 saturated carbocycles. The molecule has 0 saturated heterocycles. The highest BCUT2D eigenvalue weighted by molar-refractivity contribution is 6.01. The van der Waals surface area contributed by atoms with Crippen molar-refractivity contribution in [3.63, 3.8) is 0 Å². The Hall–Kier alpha value is -1.29. The van der Waals surface area contributed by atoms with Crippen molar-refractivity contribution in [2.75, 3.05) is 0 Å². The highest BCUT2D eigenvalue weighted by atomic mass is 16.1. The Morgan fingerprint density at radius 1 is 1.18 bits per heavy atom. The maximum absolute atomic E-state index is 11.8. The molecular formula is C21H26O. The first-order valence-electron chi connectivity index (χ1n) is 8.89. The lowest BCUT2D eigenvalue weighted by Gasteiger charge is -2.56. The molecule has 0 unspecified atom stereocenters. The summed E-state index contributed by atoms with van der Waals surface area (Å²) in [6, 6.07) is 0. The van der Waals surface area contributed by atoms with E-state index in [0.717, 1.165) is 18.3 Å². The van der Waals surface area contributed by atoms with Gasteiger partial charge in [0.1, 0.15) is 0 Å². The van der Waals surface area contributed by atoms with E-state index in [4.69, 9.17) is 6.42 Å². The van der Waals surface area contributed by atoms with Gasteiger partial charge in [-0.3, -0.25) is 4.79 Å². The Labute approximate surface area is 134 Å². The van der Waals surface area contributed by atoms with Crippen LogP contribution in [0.25, 0.3) is 0 Å². The average Bonchev–Trinajstić information content (AvgIpc) is 2.84. The SMILES string of the molecule is C#C[C@H]1CC[C@H]2[C@@H]3CCC4=CC(=O)C=C[C@]4(C)[C@H]3CC[C@]12C. The standard InChI is InChI=1S/C21H26O/c1-4-14-6-8-18-17-7-5-15-13-16(22)9-11-21(15,3)19(17)10-12-20(14,18)2/h1,9,11,13-14,17-19H,5-8,10,12H2,2-3H3/t14-,17-,18-,19-,20+,21-/m0/s1. The summed E-state index contributed by atoms with van der Waals surface area (Å²) in [5, 5.41) is 0. The molecule has 0 radical (unpaired) electrons. The lowest BCUT2D eigenvalue weighted by molar-refractivity contribution is -0.111. The van der Waals surface area contributed by atoms with E-state index in [9.17, 15) is 4.79 Å². The Kier molecular flexibility index (Phi) is 3.00. The van der Waals surface area contributed by atoms with E-state index in [0.29, 0.717) is 17.3 Å². The molecule has 0 heterocycles. The molecule has 4 rings (SSSR count). The summed E-state index contributed by atoms with van der Waals surface area (Å²) in [4.78, 5) is 11.8. The van der Waals surface area contributed by atoms with Gasteiger partial charge in [-0.1, -0.05) is 25.5 Å². The third-order valence-corrected chi connectivity index (χ3v) is 7.76. The predicted octanol–water partition coefficient (Wildman–Crippen LogP) is 4.54. The van der Waals surface area contributed by atoms with Gasteiger partial charge in [-0.05, 0) is 73.8 Å². The summed E-state index contributed by atoms with van der Waals surface area (Å²) in [6.07, 6.45) is 19.2. The maximum Gasteiger partial charge on any atom is 0.178 e. The number of hydrogen-bond donors (Lipinski definition) is 0. The number of fused-ring (bicyclic) bond motifs is 5. The fourth-order valence-corrected chi connectivity index (χ4v) is 6.47. The Morgan fingerprint density at radius 3 is 2.77 bits per heavy atom. The van der Waals surface area contributed by atoms with Crippen LogP contribution in [0, 0.1) is 46.8 Å². The third kappa shape index (κ3) is 1.70. The number of rotatable bonds is 0. The molecule has 0 aromatic heterocycles. The normalized spacial score (nSPS) is 49.7. The van der Waals surface area contributed by atoms with Crippen molar-refractivity contribution in [3.8, 4) is 12.3 Å². The Bertz CT molecular complexity index is 618. The summed E-state index contributed by atoms with van der Waals surface area (Å²) in [7, 11) is 0. The molecule has 0 aromatic carbocycles. The van der Waals surface area contributed by atoms with Gasteiger partial charge < -0.3 is 0 Å². The van der Waals surface area contributed by atoms with Crippen molar-refractivity contribution >= 4 is 5.78 Å². The molecule has 0 aromatic rings. The van der Waals surface area contributed by atoms with Gasteiger partial charge in [-0.25, -0.2) is 0 Å². The van der Waals surface area contributed by atoms with Gasteiger partial charge >= 0.3 is 0 Å². The molecule has 0 amide bonds. The van der Waals surface area contributed by atoms with E-state index < -0.39 is 0 Å². The smallest absolute Gasteiger partial charge is 0.178 e. The first kappa shape index (κ1) is 14.3. The van der Waals surface area contributed by atoms with Crippen LogP contribution in [0.1, 0.15) is 52.4 Å². The molecule has 6 atom stereocenters. The summed E-state index contributed by atoms with van der Waals surface area (Å²) in [6.45, 7) is 4.83. The first-order valence-corrected chi connectivity index (χ1v) is 8.89. The van der Waals surface area contributed by atoms with Gasteiger partial charge in [0.25, 0.3) is 0 Å². The lowest BCUT2D eigenvalue weighted by atomic mass is 9.48. The third-order valence-electron chi connectivity index (χ3n) is 7.76. The van der Waals surface area contributed by atoms with Crippen molar-refractivity contribution in [2.45, 2.75) is 52.4 Å². The zero-order valence-corrected chi connectivity index (χ0v) is 13.8. The van der Waals surface area contributed by atoms with E-state index in [2.05, 4.69) is 25.8 Å². The number of hydrogen-bond acceptors (Lipinski definition) is 1. The minimum atomic E-state index is 0.117. The van der Waals surface area contributed by atoms with Crippen LogP contribution in [0.2, 0.25) is 0 Å². The molecule has 0 aliphatic heterocycles. The maximum atomic E-state index is 11.8. The summed E-state index contributed by atoms with van der Waals surface area (Å²) in [5.41, 5.74) is 1.87.